The van der Waals surface area contributed by atoms with Gasteiger partial charge in [0.1, 0.15) is 16.8 Å². The molecule has 0 saturated heterocycles. The minimum Gasteiger partial charge on any atom is -0.352 e. The van der Waals surface area contributed by atoms with Crippen molar-refractivity contribution in [3.63, 3.8) is 0 Å². The minimum atomic E-state index is -4.10. The first-order valence-electron chi connectivity index (χ1n) is 7.38. The highest BCUT2D eigenvalue weighted by Gasteiger charge is 2.27. The van der Waals surface area contributed by atoms with E-state index >= 15 is 0 Å². The van der Waals surface area contributed by atoms with Gasteiger partial charge in [0, 0.05) is 6.04 Å². The number of hydrogen-bond donors (Lipinski definition) is 2. The molecule has 0 aliphatic rings. The second kappa shape index (κ2) is 9.24. The van der Waals surface area contributed by atoms with Gasteiger partial charge in [-0.05, 0) is 43.9 Å². The first-order valence-corrected chi connectivity index (χ1v) is 10.3. The van der Waals surface area contributed by atoms with E-state index in [1.54, 1.807) is 0 Å². The molecule has 0 radical (unpaired) electrons. The topological polar surface area (TPSA) is 75.3 Å². The maximum atomic E-state index is 13.7. The Morgan fingerprint density at radius 2 is 2.00 bits per heavy atom. The second-order valence-corrected chi connectivity index (χ2v) is 7.87. The lowest BCUT2D eigenvalue weighted by atomic mass is 10.2. The molecule has 1 aromatic carbocycles. The third kappa shape index (κ3) is 6.12. The fourth-order valence-electron chi connectivity index (χ4n) is 1.84. The number of thioether (sulfide) groups is 1. The number of sulfonamides is 1. The van der Waals surface area contributed by atoms with Gasteiger partial charge in [-0.15, -0.1) is 0 Å². The van der Waals surface area contributed by atoms with E-state index in [1.165, 1.54) is 30.0 Å². The molecule has 0 aliphatic carbocycles. The van der Waals surface area contributed by atoms with Gasteiger partial charge < -0.3 is 5.32 Å². The Morgan fingerprint density at radius 3 is 2.57 bits per heavy atom. The van der Waals surface area contributed by atoms with Crippen LogP contribution in [0.3, 0.4) is 0 Å². The summed E-state index contributed by atoms with van der Waals surface area (Å²) >= 11 is 1.51. The maximum Gasteiger partial charge on any atom is 0.244 e. The van der Waals surface area contributed by atoms with E-state index in [-0.39, 0.29) is 6.04 Å². The van der Waals surface area contributed by atoms with Gasteiger partial charge in [-0.2, -0.15) is 16.5 Å². The Labute approximate surface area is 141 Å². The molecule has 1 amide bonds. The molecule has 0 unspecified atom stereocenters. The number of rotatable bonds is 9. The molecule has 0 heterocycles. The third-order valence-corrected chi connectivity index (χ3v) is 5.50. The quantitative estimate of drug-likeness (QED) is 0.706. The van der Waals surface area contributed by atoms with Crippen molar-refractivity contribution in [2.75, 3.05) is 12.0 Å². The zero-order valence-electron chi connectivity index (χ0n) is 13.5. The first-order chi connectivity index (χ1) is 10.8. The summed E-state index contributed by atoms with van der Waals surface area (Å²) in [6, 6.07) is 4.11. The van der Waals surface area contributed by atoms with Crippen molar-refractivity contribution in [1.82, 2.24) is 10.0 Å². The molecule has 1 aromatic rings. The fourth-order valence-corrected chi connectivity index (χ4v) is 3.62. The van der Waals surface area contributed by atoms with Crippen LogP contribution in [0, 0.1) is 5.82 Å². The van der Waals surface area contributed by atoms with E-state index in [0.29, 0.717) is 12.2 Å². The molecule has 0 bridgehead atoms. The predicted octanol–water partition coefficient (Wildman–Crippen LogP) is 2.14. The molecule has 0 saturated carbocycles. The molecule has 1 rings (SSSR count). The van der Waals surface area contributed by atoms with Crippen molar-refractivity contribution in [2.45, 2.75) is 43.7 Å². The molecule has 23 heavy (non-hydrogen) atoms. The number of carbonyl (C=O) groups is 1. The van der Waals surface area contributed by atoms with Crippen LogP contribution in [0.4, 0.5) is 4.39 Å². The van der Waals surface area contributed by atoms with Gasteiger partial charge in [-0.1, -0.05) is 19.1 Å². The average Bonchev–Trinajstić information content (AvgIpc) is 2.51. The number of halogens is 1. The lowest BCUT2D eigenvalue weighted by Crippen LogP contribution is -2.49. The van der Waals surface area contributed by atoms with Crippen LogP contribution in [0.5, 0.6) is 0 Å². The van der Waals surface area contributed by atoms with Crippen LogP contribution in [0.2, 0.25) is 0 Å². The van der Waals surface area contributed by atoms with Gasteiger partial charge in [0.2, 0.25) is 15.9 Å². The largest absolute Gasteiger partial charge is 0.352 e. The SMILES string of the molecule is CC[C@H](C)NC(=O)[C@H](CCSC)NS(=O)(=O)c1ccccc1F. The number of carbonyl (C=O) groups excluding carboxylic acids is 1. The molecule has 0 fully saturated rings. The van der Waals surface area contributed by atoms with Gasteiger partial charge in [-0.3, -0.25) is 4.79 Å². The Hall–Kier alpha value is -1.12. The predicted molar refractivity (Wildman–Crippen MR) is 91.4 cm³/mol. The number of amides is 1. The third-order valence-electron chi connectivity index (χ3n) is 3.35. The molecule has 0 aliphatic heterocycles. The normalized spacial score (nSPS) is 14.3. The molecule has 5 nitrogen and oxygen atoms in total. The van der Waals surface area contributed by atoms with Crippen LogP contribution in [0.15, 0.2) is 29.2 Å². The summed E-state index contributed by atoms with van der Waals surface area (Å²) in [4.78, 5) is 11.8. The molecular weight excluding hydrogens is 339 g/mol. The molecule has 0 aromatic heterocycles. The van der Waals surface area contributed by atoms with Crippen molar-refractivity contribution in [2.24, 2.45) is 0 Å². The monoisotopic (exact) mass is 362 g/mol. The van der Waals surface area contributed by atoms with E-state index < -0.39 is 32.7 Å². The molecule has 2 N–H and O–H groups in total. The fraction of sp³-hybridized carbons (Fsp3) is 0.533. The lowest BCUT2D eigenvalue weighted by molar-refractivity contribution is -0.123. The Morgan fingerprint density at radius 1 is 1.35 bits per heavy atom. The average molecular weight is 362 g/mol. The minimum absolute atomic E-state index is 0.0581. The van der Waals surface area contributed by atoms with Gasteiger partial charge in [0.05, 0.1) is 0 Å². The summed E-state index contributed by atoms with van der Waals surface area (Å²) in [6.07, 6.45) is 2.94. The molecule has 130 valence electrons. The number of hydrogen-bond acceptors (Lipinski definition) is 4. The number of benzene rings is 1. The second-order valence-electron chi connectivity index (χ2n) is 5.20. The van der Waals surface area contributed by atoms with Crippen LogP contribution in [0.25, 0.3) is 0 Å². The van der Waals surface area contributed by atoms with Gasteiger partial charge >= 0.3 is 0 Å². The standard InChI is InChI=1S/C15H23FN2O3S2/c1-4-11(2)17-15(19)13(9-10-22-3)18-23(20,21)14-8-6-5-7-12(14)16/h5-8,11,13,18H,4,9-10H2,1-3H3,(H,17,19)/t11-,13-/m0/s1. The molecular formula is C15H23FN2O3S2. The van der Waals surface area contributed by atoms with E-state index in [1.807, 2.05) is 20.1 Å². The highest BCUT2D eigenvalue weighted by Crippen LogP contribution is 2.15. The van der Waals surface area contributed by atoms with Crippen LogP contribution in [0.1, 0.15) is 26.7 Å². The molecule has 2 atom stereocenters. The zero-order valence-corrected chi connectivity index (χ0v) is 15.1. The van der Waals surface area contributed by atoms with Crippen molar-refractivity contribution < 1.29 is 17.6 Å². The lowest BCUT2D eigenvalue weighted by Gasteiger charge is -2.20. The first kappa shape index (κ1) is 19.9. The van der Waals surface area contributed by atoms with Crippen molar-refractivity contribution in [3.05, 3.63) is 30.1 Å². The summed E-state index contributed by atoms with van der Waals surface area (Å²) < 4.78 is 40.7. The smallest absolute Gasteiger partial charge is 0.244 e. The van der Waals surface area contributed by atoms with Crippen LogP contribution >= 0.6 is 11.8 Å². The zero-order chi connectivity index (χ0) is 17.5. The van der Waals surface area contributed by atoms with E-state index in [4.69, 9.17) is 0 Å². The van der Waals surface area contributed by atoms with Crippen LogP contribution in [-0.4, -0.2) is 38.4 Å². The maximum absolute atomic E-state index is 13.7. The van der Waals surface area contributed by atoms with Crippen molar-refractivity contribution >= 4 is 27.7 Å². The van der Waals surface area contributed by atoms with Crippen LogP contribution < -0.4 is 10.0 Å². The van der Waals surface area contributed by atoms with Crippen molar-refractivity contribution in [1.29, 1.82) is 0 Å². The van der Waals surface area contributed by atoms with Gasteiger partial charge in [0.25, 0.3) is 0 Å². The van der Waals surface area contributed by atoms with Gasteiger partial charge in [-0.25, -0.2) is 12.8 Å². The van der Waals surface area contributed by atoms with Crippen LogP contribution in [-0.2, 0) is 14.8 Å². The van der Waals surface area contributed by atoms with E-state index in [2.05, 4.69) is 10.0 Å². The summed E-state index contributed by atoms with van der Waals surface area (Å²) in [7, 11) is -4.10. The molecule has 8 heteroatoms. The Bertz CT molecular complexity index is 623. The van der Waals surface area contributed by atoms with E-state index in [9.17, 15) is 17.6 Å². The summed E-state index contributed by atoms with van der Waals surface area (Å²) in [6.45, 7) is 3.76. The molecule has 0 spiro atoms. The summed E-state index contributed by atoms with van der Waals surface area (Å²) in [5, 5.41) is 2.76. The highest BCUT2D eigenvalue weighted by atomic mass is 32.2. The summed E-state index contributed by atoms with van der Waals surface area (Å²) in [5.74, 6) is -0.627. The highest BCUT2D eigenvalue weighted by molar-refractivity contribution is 7.98. The Balaban J connectivity index is 2.95. The van der Waals surface area contributed by atoms with E-state index in [0.717, 1.165) is 12.5 Å². The number of nitrogens with one attached hydrogen (secondary N) is 2. The summed E-state index contributed by atoms with van der Waals surface area (Å²) in [5.41, 5.74) is 0. The Kier molecular flexibility index (Phi) is 8.01. The van der Waals surface area contributed by atoms with Gasteiger partial charge in [0.15, 0.2) is 0 Å². The van der Waals surface area contributed by atoms with Crippen molar-refractivity contribution in [3.8, 4) is 0 Å².